The number of ether oxygens (including phenoxy) is 2. The van der Waals surface area contributed by atoms with E-state index >= 15 is 0 Å². The molecule has 2 aromatic carbocycles. The molecule has 35 heavy (non-hydrogen) atoms. The first-order valence-corrected chi connectivity index (χ1v) is 12.5. The van der Waals surface area contributed by atoms with E-state index in [1.807, 2.05) is 44.2 Å². The predicted octanol–water partition coefficient (Wildman–Crippen LogP) is 2.87. The molecular weight excluding hydrogens is 492 g/mol. The Hall–Kier alpha value is -3.04. The molecule has 4 rings (SSSR count). The number of amides is 2. The van der Waals surface area contributed by atoms with Crippen molar-refractivity contribution >= 4 is 47.1 Å². The van der Waals surface area contributed by atoms with E-state index in [1.54, 1.807) is 24.3 Å². The van der Waals surface area contributed by atoms with Crippen molar-refractivity contribution in [3.63, 3.8) is 0 Å². The minimum Gasteiger partial charge on any atom is -0.459 e. The van der Waals surface area contributed by atoms with Crippen LogP contribution in [0.5, 0.6) is 0 Å². The third-order valence-corrected chi connectivity index (χ3v) is 7.66. The Morgan fingerprint density at radius 3 is 2.46 bits per heavy atom. The Labute approximate surface area is 212 Å². The molecule has 1 N–H and O–H groups in total. The fraction of sp³-hybridized carbons (Fsp3) is 0.360. The molecule has 0 bridgehead atoms. The van der Waals surface area contributed by atoms with Gasteiger partial charge in [-0.25, -0.2) is 9.59 Å². The SMILES string of the molecule is CC1(C)S[C@@H]2C(NC(=O)Cc3ccccc3C(=O)OCCl)C(=O)N2[C@H]1C(=O)OCc1ccccc1. The Kier molecular flexibility index (Phi) is 7.37. The van der Waals surface area contributed by atoms with Gasteiger partial charge >= 0.3 is 11.9 Å². The van der Waals surface area contributed by atoms with Gasteiger partial charge in [-0.15, -0.1) is 11.8 Å². The first kappa shape index (κ1) is 25.1. The maximum atomic E-state index is 13.0. The predicted molar refractivity (Wildman–Crippen MR) is 131 cm³/mol. The maximum Gasteiger partial charge on any atom is 0.339 e. The second-order valence-corrected chi connectivity index (χ2v) is 10.8. The van der Waals surface area contributed by atoms with Crippen molar-refractivity contribution in [3.8, 4) is 0 Å². The highest BCUT2D eigenvalue weighted by atomic mass is 35.5. The molecular formula is C25H25ClN2O6S. The zero-order valence-corrected chi connectivity index (χ0v) is 20.8. The average molecular weight is 517 g/mol. The summed E-state index contributed by atoms with van der Waals surface area (Å²) < 4.78 is 9.75. The summed E-state index contributed by atoms with van der Waals surface area (Å²) in [6.07, 6.45) is -0.110. The van der Waals surface area contributed by atoms with E-state index in [1.165, 1.54) is 16.7 Å². The van der Waals surface area contributed by atoms with E-state index in [0.29, 0.717) is 5.56 Å². The highest BCUT2D eigenvalue weighted by molar-refractivity contribution is 8.01. The van der Waals surface area contributed by atoms with E-state index in [2.05, 4.69) is 5.32 Å². The lowest BCUT2D eigenvalue weighted by atomic mass is 9.95. The first-order valence-electron chi connectivity index (χ1n) is 11.0. The van der Waals surface area contributed by atoms with Gasteiger partial charge in [0.15, 0.2) is 6.07 Å². The molecule has 2 aliphatic rings. The van der Waals surface area contributed by atoms with E-state index in [9.17, 15) is 19.2 Å². The molecule has 2 aromatic rings. The highest BCUT2D eigenvalue weighted by Crippen LogP contribution is 2.51. The van der Waals surface area contributed by atoms with Gasteiger partial charge in [0.2, 0.25) is 11.8 Å². The van der Waals surface area contributed by atoms with Crippen LogP contribution in [0, 0.1) is 0 Å². The fourth-order valence-corrected chi connectivity index (χ4v) is 6.05. The first-order chi connectivity index (χ1) is 16.7. The second-order valence-electron chi connectivity index (χ2n) is 8.77. The number of carbonyl (C=O) groups is 4. The Morgan fingerprint density at radius 1 is 1.06 bits per heavy atom. The number of alkyl halides is 1. The lowest BCUT2D eigenvalue weighted by Gasteiger charge is -2.44. The van der Waals surface area contributed by atoms with Gasteiger partial charge in [0.25, 0.3) is 0 Å². The van der Waals surface area contributed by atoms with Crippen LogP contribution in [0.25, 0.3) is 0 Å². The summed E-state index contributed by atoms with van der Waals surface area (Å²) in [6.45, 7) is 3.89. The van der Waals surface area contributed by atoms with Gasteiger partial charge < -0.3 is 19.7 Å². The molecule has 8 nitrogen and oxygen atoms in total. The minimum atomic E-state index is -0.763. The van der Waals surface area contributed by atoms with Crippen molar-refractivity contribution in [1.29, 1.82) is 0 Å². The third kappa shape index (κ3) is 5.16. The molecule has 1 unspecified atom stereocenters. The summed E-state index contributed by atoms with van der Waals surface area (Å²) in [5.41, 5.74) is 1.56. The number of β-lactam (4-membered cyclic amide) rings is 1. The normalized spacial score (nSPS) is 22.1. The molecule has 0 radical (unpaired) electrons. The molecule has 2 heterocycles. The lowest BCUT2D eigenvalue weighted by molar-refractivity contribution is -0.165. The molecule has 10 heteroatoms. The van der Waals surface area contributed by atoms with Gasteiger partial charge in [-0.1, -0.05) is 60.1 Å². The van der Waals surface area contributed by atoms with E-state index in [-0.39, 0.29) is 35.9 Å². The van der Waals surface area contributed by atoms with Crippen LogP contribution >= 0.6 is 23.4 Å². The quantitative estimate of drug-likeness (QED) is 0.327. The molecule has 2 amide bonds. The molecule has 184 valence electrons. The smallest absolute Gasteiger partial charge is 0.339 e. The van der Waals surface area contributed by atoms with Gasteiger partial charge in [0, 0.05) is 4.75 Å². The minimum absolute atomic E-state index is 0.110. The lowest BCUT2D eigenvalue weighted by Crippen LogP contribution is -2.70. The summed E-state index contributed by atoms with van der Waals surface area (Å²) >= 11 is 6.93. The summed E-state index contributed by atoms with van der Waals surface area (Å²) in [7, 11) is 0. The van der Waals surface area contributed by atoms with Crippen LogP contribution in [0.2, 0.25) is 0 Å². The summed E-state index contributed by atoms with van der Waals surface area (Å²) in [5, 5.41) is 2.38. The second kappa shape index (κ2) is 10.3. The molecule has 0 saturated carbocycles. The highest BCUT2D eigenvalue weighted by Gasteiger charge is 2.64. The van der Waals surface area contributed by atoms with Crippen molar-refractivity contribution in [2.45, 2.75) is 49.1 Å². The largest absolute Gasteiger partial charge is 0.459 e. The molecule has 2 aliphatic heterocycles. The van der Waals surface area contributed by atoms with E-state index < -0.39 is 34.7 Å². The number of carbonyl (C=O) groups excluding carboxylic acids is 4. The van der Waals surface area contributed by atoms with Crippen LogP contribution in [0.15, 0.2) is 54.6 Å². The van der Waals surface area contributed by atoms with Gasteiger partial charge in [0.05, 0.1) is 12.0 Å². The van der Waals surface area contributed by atoms with E-state index in [4.69, 9.17) is 21.1 Å². The Balaban J connectivity index is 1.39. The number of hydrogen-bond acceptors (Lipinski definition) is 7. The van der Waals surface area contributed by atoms with Gasteiger partial charge in [0.1, 0.15) is 24.1 Å². The number of hydrogen-bond donors (Lipinski definition) is 1. The molecule has 0 aromatic heterocycles. The number of esters is 2. The number of nitrogens with zero attached hydrogens (tertiary/aromatic N) is 1. The molecule has 3 atom stereocenters. The summed E-state index contributed by atoms with van der Waals surface area (Å²) in [5.74, 6) is -1.85. The van der Waals surface area contributed by atoms with Crippen molar-refractivity contribution in [2.24, 2.45) is 0 Å². The molecule has 2 saturated heterocycles. The van der Waals surface area contributed by atoms with Crippen LogP contribution in [-0.2, 0) is 36.9 Å². The number of fused-ring (bicyclic) bond motifs is 1. The molecule has 2 fully saturated rings. The third-order valence-electron chi connectivity index (χ3n) is 5.98. The van der Waals surface area contributed by atoms with E-state index in [0.717, 1.165) is 5.56 Å². The van der Waals surface area contributed by atoms with Gasteiger partial charge in [-0.05, 0) is 31.0 Å². The van der Waals surface area contributed by atoms with Crippen LogP contribution in [0.4, 0.5) is 0 Å². The monoisotopic (exact) mass is 516 g/mol. The Morgan fingerprint density at radius 2 is 1.74 bits per heavy atom. The molecule has 0 aliphatic carbocycles. The van der Waals surface area contributed by atoms with Gasteiger partial charge in [-0.2, -0.15) is 0 Å². The average Bonchev–Trinajstić information content (AvgIpc) is 3.10. The van der Waals surface area contributed by atoms with Crippen LogP contribution in [0.3, 0.4) is 0 Å². The van der Waals surface area contributed by atoms with Crippen LogP contribution in [-0.4, -0.2) is 56.9 Å². The zero-order chi connectivity index (χ0) is 25.2. The Bertz CT molecular complexity index is 1140. The number of benzene rings is 2. The number of thioether (sulfide) groups is 1. The fourth-order valence-electron chi connectivity index (χ4n) is 4.33. The number of nitrogens with one attached hydrogen (secondary N) is 1. The summed E-state index contributed by atoms with van der Waals surface area (Å²) in [4.78, 5) is 52.3. The van der Waals surface area contributed by atoms with Crippen molar-refractivity contribution in [3.05, 3.63) is 71.3 Å². The standard InChI is InChI=1S/C25H25ClN2O6S/c1-25(2)20(24(32)33-13-15-8-4-3-5-9-15)28-21(30)19(22(28)35-25)27-18(29)12-16-10-6-7-11-17(16)23(31)34-14-26/h3-11,19-20,22H,12-14H2,1-2H3,(H,27,29)/t19?,20-,22+/m0/s1. The van der Waals surface area contributed by atoms with Crippen molar-refractivity contribution in [1.82, 2.24) is 10.2 Å². The topological polar surface area (TPSA) is 102 Å². The maximum absolute atomic E-state index is 13.0. The van der Waals surface area contributed by atoms with Crippen LogP contribution < -0.4 is 5.32 Å². The number of rotatable bonds is 8. The molecule has 0 spiro atoms. The van der Waals surface area contributed by atoms with Crippen molar-refractivity contribution in [2.75, 3.05) is 6.07 Å². The van der Waals surface area contributed by atoms with Crippen LogP contribution in [0.1, 0.15) is 35.3 Å². The van der Waals surface area contributed by atoms with Gasteiger partial charge in [-0.3, -0.25) is 9.59 Å². The number of halogens is 1. The van der Waals surface area contributed by atoms with Crippen molar-refractivity contribution < 1.29 is 28.7 Å². The zero-order valence-electron chi connectivity index (χ0n) is 19.2. The summed E-state index contributed by atoms with van der Waals surface area (Å²) in [6, 6.07) is 14.1.